The van der Waals surface area contributed by atoms with E-state index in [0.29, 0.717) is 17.3 Å². The Morgan fingerprint density at radius 1 is 1.44 bits per heavy atom. The van der Waals surface area contributed by atoms with Crippen molar-refractivity contribution >= 4 is 17.5 Å². The van der Waals surface area contributed by atoms with Crippen molar-refractivity contribution in [2.75, 3.05) is 39.4 Å². The lowest BCUT2D eigenvalue weighted by molar-refractivity contribution is 0.0383. The number of pyridine rings is 1. The van der Waals surface area contributed by atoms with Crippen molar-refractivity contribution in [3.63, 3.8) is 0 Å². The summed E-state index contributed by atoms with van der Waals surface area (Å²) in [6, 6.07) is 3.28. The molecule has 0 bridgehead atoms. The molecule has 1 aromatic rings. The summed E-state index contributed by atoms with van der Waals surface area (Å²) in [5.74, 6) is -0.167. The van der Waals surface area contributed by atoms with Gasteiger partial charge in [-0.15, -0.1) is 0 Å². The Morgan fingerprint density at radius 3 is 2.89 bits per heavy atom. The predicted octanol–water partition coefficient (Wildman–Crippen LogP) is 0.797. The number of morpholine rings is 1. The molecule has 5 nitrogen and oxygen atoms in total. The van der Waals surface area contributed by atoms with Crippen LogP contribution < -0.4 is 5.32 Å². The smallest absolute Gasteiger partial charge is 0.269 e. The van der Waals surface area contributed by atoms with Crippen molar-refractivity contribution in [1.29, 1.82) is 0 Å². The predicted molar refractivity (Wildman–Crippen MR) is 68.8 cm³/mol. The average molecular weight is 270 g/mol. The highest BCUT2D eigenvalue weighted by Gasteiger charge is 2.11. The fourth-order valence-corrected chi connectivity index (χ4v) is 1.86. The second-order valence-electron chi connectivity index (χ2n) is 4.07. The van der Waals surface area contributed by atoms with Gasteiger partial charge in [-0.3, -0.25) is 9.69 Å². The minimum Gasteiger partial charge on any atom is -0.379 e. The molecule has 1 saturated heterocycles. The van der Waals surface area contributed by atoms with Crippen molar-refractivity contribution in [3.8, 4) is 0 Å². The zero-order valence-corrected chi connectivity index (χ0v) is 10.8. The Bertz CT molecular complexity index is 391. The summed E-state index contributed by atoms with van der Waals surface area (Å²) < 4.78 is 5.26. The Kier molecular flexibility index (Phi) is 4.92. The Balaban J connectivity index is 1.72. The summed E-state index contributed by atoms with van der Waals surface area (Å²) in [5, 5.41) is 3.37. The third-order valence-electron chi connectivity index (χ3n) is 2.78. The molecule has 1 N–H and O–H groups in total. The Hall–Kier alpha value is -1.17. The van der Waals surface area contributed by atoms with E-state index in [2.05, 4.69) is 15.2 Å². The lowest BCUT2D eigenvalue weighted by Gasteiger charge is -2.26. The van der Waals surface area contributed by atoms with Crippen molar-refractivity contribution in [1.82, 2.24) is 15.2 Å². The number of carbonyl (C=O) groups excluding carboxylic acids is 1. The van der Waals surface area contributed by atoms with Crippen LogP contribution in [0, 0.1) is 0 Å². The first-order valence-corrected chi connectivity index (χ1v) is 6.33. The van der Waals surface area contributed by atoms with Gasteiger partial charge in [0.05, 0.1) is 18.2 Å². The van der Waals surface area contributed by atoms with Gasteiger partial charge in [-0.2, -0.15) is 0 Å². The van der Waals surface area contributed by atoms with Gasteiger partial charge in [0.15, 0.2) is 0 Å². The van der Waals surface area contributed by atoms with Gasteiger partial charge in [-0.05, 0) is 12.1 Å². The number of hydrogen-bond acceptors (Lipinski definition) is 4. The first-order valence-electron chi connectivity index (χ1n) is 5.95. The number of nitrogens with zero attached hydrogens (tertiary/aromatic N) is 2. The average Bonchev–Trinajstić information content (AvgIpc) is 2.40. The van der Waals surface area contributed by atoms with E-state index in [-0.39, 0.29) is 5.91 Å². The summed E-state index contributed by atoms with van der Waals surface area (Å²) in [4.78, 5) is 18.0. The van der Waals surface area contributed by atoms with E-state index < -0.39 is 0 Å². The first-order chi connectivity index (χ1) is 8.75. The molecule has 6 heteroatoms. The van der Waals surface area contributed by atoms with Crippen LogP contribution in [-0.2, 0) is 4.74 Å². The lowest BCUT2D eigenvalue weighted by atomic mass is 10.3. The molecule has 1 fully saturated rings. The van der Waals surface area contributed by atoms with Crippen LogP contribution in [0.2, 0.25) is 5.02 Å². The van der Waals surface area contributed by atoms with Gasteiger partial charge < -0.3 is 10.1 Å². The van der Waals surface area contributed by atoms with Crippen molar-refractivity contribution in [2.24, 2.45) is 0 Å². The van der Waals surface area contributed by atoms with Gasteiger partial charge in [-0.25, -0.2) is 4.98 Å². The van der Waals surface area contributed by atoms with Gasteiger partial charge in [0, 0.05) is 32.4 Å². The highest BCUT2D eigenvalue weighted by atomic mass is 35.5. The summed E-state index contributed by atoms with van der Waals surface area (Å²) in [6.45, 7) is 4.84. The van der Waals surface area contributed by atoms with E-state index in [1.165, 1.54) is 6.20 Å². The molecule has 1 aromatic heterocycles. The van der Waals surface area contributed by atoms with Crippen LogP contribution in [0.1, 0.15) is 10.5 Å². The second kappa shape index (κ2) is 6.68. The summed E-state index contributed by atoms with van der Waals surface area (Å²) in [6.07, 6.45) is 1.47. The molecule has 0 spiro atoms. The van der Waals surface area contributed by atoms with Gasteiger partial charge in [-0.1, -0.05) is 11.6 Å². The molecule has 0 atom stereocenters. The summed E-state index contributed by atoms with van der Waals surface area (Å²) in [7, 11) is 0. The molecule has 2 rings (SSSR count). The Labute approximate surface area is 111 Å². The Morgan fingerprint density at radius 2 is 2.22 bits per heavy atom. The minimum atomic E-state index is -0.167. The van der Waals surface area contributed by atoms with Gasteiger partial charge in [0.25, 0.3) is 5.91 Å². The molecule has 1 amide bonds. The van der Waals surface area contributed by atoms with E-state index in [4.69, 9.17) is 16.3 Å². The van der Waals surface area contributed by atoms with Crippen LogP contribution in [0.3, 0.4) is 0 Å². The van der Waals surface area contributed by atoms with Gasteiger partial charge >= 0.3 is 0 Å². The molecule has 1 aliphatic rings. The maximum atomic E-state index is 11.7. The number of aromatic nitrogens is 1. The number of ether oxygens (including phenoxy) is 1. The standard InChI is InChI=1S/C12H16ClN3O2/c13-10-1-2-11(15-9-10)12(17)14-3-4-16-5-7-18-8-6-16/h1-2,9H,3-8H2,(H,14,17). The maximum absolute atomic E-state index is 11.7. The van der Waals surface area contributed by atoms with Gasteiger partial charge in [0.2, 0.25) is 0 Å². The van der Waals surface area contributed by atoms with Crippen molar-refractivity contribution < 1.29 is 9.53 Å². The topological polar surface area (TPSA) is 54.5 Å². The normalized spacial score (nSPS) is 16.5. The van der Waals surface area contributed by atoms with E-state index >= 15 is 0 Å². The largest absolute Gasteiger partial charge is 0.379 e. The number of nitrogens with one attached hydrogen (secondary N) is 1. The van der Waals surface area contributed by atoms with Crippen LogP contribution >= 0.6 is 11.6 Å². The second-order valence-corrected chi connectivity index (χ2v) is 4.51. The third-order valence-corrected chi connectivity index (χ3v) is 3.00. The number of rotatable bonds is 4. The van der Waals surface area contributed by atoms with Crippen LogP contribution in [0.25, 0.3) is 0 Å². The van der Waals surface area contributed by atoms with Gasteiger partial charge in [0.1, 0.15) is 5.69 Å². The number of hydrogen-bond donors (Lipinski definition) is 1. The molecular formula is C12H16ClN3O2. The molecular weight excluding hydrogens is 254 g/mol. The number of carbonyl (C=O) groups is 1. The molecule has 98 valence electrons. The van der Waals surface area contributed by atoms with Crippen LogP contribution in [0.15, 0.2) is 18.3 Å². The molecule has 0 saturated carbocycles. The van der Waals surface area contributed by atoms with Crippen LogP contribution in [0.4, 0.5) is 0 Å². The maximum Gasteiger partial charge on any atom is 0.269 e. The van der Waals surface area contributed by atoms with Crippen LogP contribution in [0.5, 0.6) is 0 Å². The van der Waals surface area contributed by atoms with Crippen molar-refractivity contribution in [2.45, 2.75) is 0 Å². The minimum absolute atomic E-state index is 0.167. The number of amides is 1. The zero-order chi connectivity index (χ0) is 12.8. The van der Waals surface area contributed by atoms with Crippen molar-refractivity contribution in [3.05, 3.63) is 29.0 Å². The fourth-order valence-electron chi connectivity index (χ4n) is 1.75. The molecule has 0 unspecified atom stereocenters. The summed E-state index contributed by atoms with van der Waals surface area (Å²) in [5.41, 5.74) is 0.390. The van der Waals surface area contributed by atoms with E-state index in [1.807, 2.05) is 0 Å². The molecule has 0 radical (unpaired) electrons. The quantitative estimate of drug-likeness (QED) is 0.878. The monoisotopic (exact) mass is 269 g/mol. The first kappa shape index (κ1) is 13.3. The van der Waals surface area contributed by atoms with Crippen LogP contribution in [-0.4, -0.2) is 55.2 Å². The highest BCUT2D eigenvalue weighted by molar-refractivity contribution is 6.30. The molecule has 1 aliphatic heterocycles. The molecule has 0 aliphatic carbocycles. The highest BCUT2D eigenvalue weighted by Crippen LogP contribution is 2.05. The number of halogens is 1. The fraction of sp³-hybridized carbons (Fsp3) is 0.500. The summed E-state index contributed by atoms with van der Waals surface area (Å²) >= 11 is 5.71. The third kappa shape index (κ3) is 3.94. The molecule has 2 heterocycles. The van der Waals surface area contributed by atoms with E-state index in [0.717, 1.165) is 32.8 Å². The van der Waals surface area contributed by atoms with E-state index in [9.17, 15) is 4.79 Å². The SMILES string of the molecule is O=C(NCCN1CCOCC1)c1ccc(Cl)cn1. The lowest BCUT2D eigenvalue weighted by Crippen LogP contribution is -2.41. The molecule has 18 heavy (non-hydrogen) atoms. The van der Waals surface area contributed by atoms with E-state index in [1.54, 1.807) is 12.1 Å². The zero-order valence-electron chi connectivity index (χ0n) is 10.1. The molecule has 0 aromatic carbocycles.